The van der Waals surface area contributed by atoms with E-state index in [2.05, 4.69) is 15.9 Å². The largest absolute Gasteiger partial charge is 0.384 e. The van der Waals surface area contributed by atoms with Gasteiger partial charge < -0.3 is 5.11 Å². The van der Waals surface area contributed by atoms with Gasteiger partial charge in [0.05, 0.1) is 0 Å². The second-order valence-electron chi connectivity index (χ2n) is 4.08. The SMILES string of the molecule is Cc1cc(C(O)c2ccc(F)cc2Br)ccc1F. The molecule has 1 nitrogen and oxygen atoms in total. The third-order valence-electron chi connectivity index (χ3n) is 2.75. The minimum absolute atomic E-state index is 0.316. The fourth-order valence-electron chi connectivity index (χ4n) is 1.74. The van der Waals surface area contributed by atoms with Crippen LogP contribution in [0, 0.1) is 18.6 Å². The first-order chi connectivity index (χ1) is 8.49. The van der Waals surface area contributed by atoms with Crippen LogP contribution in [0.5, 0.6) is 0 Å². The van der Waals surface area contributed by atoms with Crippen LogP contribution in [0.1, 0.15) is 22.8 Å². The standard InChI is InChI=1S/C14H11BrF2O/c1-8-6-9(2-5-13(8)17)14(18)11-4-3-10(16)7-12(11)15/h2-7,14,18H,1H3. The summed E-state index contributed by atoms with van der Waals surface area (Å²) in [6, 6.07) is 8.47. The molecule has 0 radical (unpaired) electrons. The predicted molar refractivity (Wildman–Crippen MR) is 69.3 cm³/mol. The number of benzene rings is 2. The van der Waals surface area contributed by atoms with Gasteiger partial charge in [-0.05, 0) is 41.8 Å². The van der Waals surface area contributed by atoms with E-state index in [0.29, 0.717) is 21.2 Å². The minimum atomic E-state index is -0.917. The smallest absolute Gasteiger partial charge is 0.126 e. The maximum Gasteiger partial charge on any atom is 0.126 e. The summed E-state index contributed by atoms with van der Waals surface area (Å²) >= 11 is 3.20. The fourth-order valence-corrected chi connectivity index (χ4v) is 2.31. The van der Waals surface area contributed by atoms with Gasteiger partial charge in [-0.2, -0.15) is 0 Å². The number of hydrogen-bond acceptors (Lipinski definition) is 1. The maximum atomic E-state index is 13.2. The van der Waals surface area contributed by atoms with Crippen molar-refractivity contribution in [1.29, 1.82) is 0 Å². The molecular weight excluding hydrogens is 302 g/mol. The third-order valence-corrected chi connectivity index (χ3v) is 3.44. The summed E-state index contributed by atoms with van der Waals surface area (Å²) in [5.41, 5.74) is 1.58. The van der Waals surface area contributed by atoms with Gasteiger partial charge in [0.15, 0.2) is 0 Å². The molecule has 0 bridgehead atoms. The molecule has 0 aromatic heterocycles. The summed E-state index contributed by atoms with van der Waals surface area (Å²) in [5.74, 6) is -0.697. The molecule has 1 atom stereocenters. The lowest BCUT2D eigenvalue weighted by atomic mass is 10.00. The highest BCUT2D eigenvalue weighted by atomic mass is 79.9. The second-order valence-corrected chi connectivity index (χ2v) is 4.93. The summed E-state index contributed by atoms with van der Waals surface area (Å²) < 4.78 is 26.6. The number of halogens is 3. The van der Waals surface area contributed by atoms with Crippen molar-refractivity contribution in [3.8, 4) is 0 Å². The van der Waals surface area contributed by atoms with Gasteiger partial charge in [-0.3, -0.25) is 0 Å². The van der Waals surface area contributed by atoms with E-state index in [1.165, 1.54) is 30.3 Å². The van der Waals surface area contributed by atoms with E-state index in [1.807, 2.05) is 0 Å². The Hall–Kier alpha value is -1.26. The van der Waals surface area contributed by atoms with Crippen molar-refractivity contribution in [3.05, 3.63) is 69.2 Å². The van der Waals surface area contributed by atoms with Gasteiger partial charge in [-0.1, -0.05) is 34.1 Å². The molecule has 0 aliphatic carbocycles. The van der Waals surface area contributed by atoms with Crippen LogP contribution in [-0.4, -0.2) is 5.11 Å². The van der Waals surface area contributed by atoms with Crippen LogP contribution in [0.2, 0.25) is 0 Å². The van der Waals surface area contributed by atoms with E-state index in [9.17, 15) is 13.9 Å². The zero-order valence-corrected chi connectivity index (χ0v) is 11.2. The van der Waals surface area contributed by atoms with Gasteiger partial charge >= 0.3 is 0 Å². The highest BCUT2D eigenvalue weighted by Gasteiger charge is 2.15. The normalized spacial score (nSPS) is 12.5. The van der Waals surface area contributed by atoms with Crippen molar-refractivity contribution in [2.75, 3.05) is 0 Å². The maximum absolute atomic E-state index is 13.2. The van der Waals surface area contributed by atoms with Crippen LogP contribution >= 0.6 is 15.9 Å². The highest BCUT2D eigenvalue weighted by molar-refractivity contribution is 9.10. The molecule has 0 saturated carbocycles. The Morgan fingerprint density at radius 2 is 1.83 bits per heavy atom. The zero-order valence-electron chi connectivity index (χ0n) is 9.62. The number of aryl methyl sites for hydroxylation is 1. The molecule has 0 heterocycles. The van der Waals surface area contributed by atoms with Gasteiger partial charge in [0, 0.05) is 4.47 Å². The molecule has 0 aliphatic rings. The second kappa shape index (κ2) is 5.16. The lowest BCUT2D eigenvalue weighted by molar-refractivity contribution is 0.219. The van der Waals surface area contributed by atoms with Crippen molar-refractivity contribution >= 4 is 15.9 Å². The Balaban J connectivity index is 2.41. The van der Waals surface area contributed by atoms with E-state index < -0.39 is 6.10 Å². The van der Waals surface area contributed by atoms with Crippen molar-refractivity contribution in [3.63, 3.8) is 0 Å². The van der Waals surface area contributed by atoms with Gasteiger partial charge in [-0.15, -0.1) is 0 Å². The van der Waals surface area contributed by atoms with Crippen molar-refractivity contribution in [2.24, 2.45) is 0 Å². The van der Waals surface area contributed by atoms with Crippen LogP contribution in [0.3, 0.4) is 0 Å². The molecule has 2 aromatic carbocycles. The molecule has 1 N–H and O–H groups in total. The summed E-state index contributed by atoms with van der Waals surface area (Å²) in [6.07, 6.45) is -0.917. The van der Waals surface area contributed by atoms with Crippen molar-refractivity contribution < 1.29 is 13.9 Å². The van der Waals surface area contributed by atoms with E-state index >= 15 is 0 Å². The average Bonchev–Trinajstić information content (AvgIpc) is 2.32. The Labute approximate surface area is 112 Å². The summed E-state index contributed by atoms with van der Waals surface area (Å²) in [5, 5.41) is 10.2. The first-order valence-electron chi connectivity index (χ1n) is 5.38. The molecule has 0 aliphatic heterocycles. The monoisotopic (exact) mass is 312 g/mol. The predicted octanol–water partition coefficient (Wildman–Crippen LogP) is 4.12. The molecule has 18 heavy (non-hydrogen) atoms. The van der Waals surface area contributed by atoms with E-state index in [-0.39, 0.29) is 11.6 Å². The number of hydrogen-bond donors (Lipinski definition) is 1. The molecule has 0 saturated heterocycles. The molecular formula is C14H11BrF2O. The molecule has 2 aromatic rings. The van der Waals surface area contributed by atoms with E-state index in [1.54, 1.807) is 13.0 Å². The van der Waals surface area contributed by atoms with Crippen LogP contribution in [0.25, 0.3) is 0 Å². The fraction of sp³-hybridized carbons (Fsp3) is 0.143. The molecule has 4 heteroatoms. The summed E-state index contributed by atoms with van der Waals surface area (Å²) in [6.45, 7) is 1.63. The molecule has 0 amide bonds. The number of rotatable bonds is 2. The van der Waals surface area contributed by atoms with E-state index in [0.717, 1.165) is 0 Å². The number of aliphatic hydroxyl groups is 1. The van der Waals surface area contributed by atoms with Crippen LogP contribution in [0.4, 0.5) is 8.78 Å². The van der Waals surface area contributed by atoms with Gasteiger partial charge in [-0.25, -0.2) is 8.78 Å². The lowest BCUT2D eigenvalue weighted by Crippen LogP contribution is -2.02. The zero-order chi connectivity index (χ0) is 13.3. The van der Waals surface area contributed by atoms with Gasteiger partial charge in [0.25, 0.3) is 0 Å². The van der Waals surface area contributed by atoms with Gasteiger partial charge in [0.2, 0.25) is 0 Å². The Morgan fingerprint density at radius 1 is 1.11 bits per heavy atom. The third kappa shape index (κ3) is 2.60. The Bertz CT molecular complexity index is 584. The summed E-state index contributed by atoms with van der Waals surface area (Å²) in [7, 11) is 0. The summed E-state index contributed by atoms with van der Waals surface area (Å²) in [4.78, 5) is 0. The molecule has 1 unspecified atom stereocenters. The van der Waals surface area contributed by atoms with Crippen LogP contribution in [0.15, 0.2) is 40.9 Å². The van der Waals surface area contributed by atoms with Gasteiger partial charge in [0.1, 0.15) is 17.7 Å². The quantitative estimate of drug-likeness (QED) is 0.884. The molecule has 0 fully saturated rings. The first kappa shape index (κ1) is 13.2. The minimum Gasteiger partial charge on any atom is -0.384 e. The van der Waals surface area contributed by atoms with Crippen LogP contribution in [-0.2, 0) is 0 Å². The molecule has 94 valence electrons. The molecule has 0 spiro atoms. The first-order valence-corrected chi connectivity index (χ1v) is 6.17. The topological polar surface area (TPSA) is 20.2 Å². The number of aliphatic hydroxyl groups excluding tert-OH is 1. The molecule has 2 rings (SSSR count). The van der Waals surface area contributed by atoms with Crippen LogP contribution < -0.4 is 0 Å². The van der Waals surface area contributed by atoms with E-state index in [4.69, 9.17) is 0 Å². The average molecular weight is 313 g/mol. The highest BCUT2D eigenvalue weighted by Crippen LogP contribution is 2.29. The van der Waals surface area contributed by atoms with Crippen molar-refractivity contribution in [1.82, 2.24) is 0 Å². The van der Waals surface area contributed by atoms with Crippen molar-refractivity contribution in [2.45, 2.75) is 13.0 Å². The lowest BCUT2D eigenvalue weighted by Gasteiger charge is -2.14. The Kier molecular flexibility index (Phi) is 3.78. The Morgan fingerprint density at radius 3 is 2.44 bits per heavy atom.